The van der Waals surface area contributed by atoms with Crippen LogP contribution in [0.1, 0.15) is 37.8 Å². The number of likely N-dealkylation sites (N-methyl/N-ethyl adjacent to an activating group) is 1. The molecule has 1 aromatic carbocycles. The summed E-state index contributed by atoms with van der Waals surface area (Å²) in [5, 5.41) is 0. The Morgan fingerprint density at radius 3 is 2.75 bits per heavy atom. The molecule has 2 aliphatic rings. The first-order chi connectivity index (χ1) is 9.64. The second kappa shape index (κ2) is 5.21. The smallest absolute Gasteiger partial charge is 0.219 e. The number of nitrogens with zero attached hydrogens (tertiary/aromatic N) is 2. The third kappa shape index (κ3) is 2.24. The van der Waals surface area contributed by atoms with Crippen LogP contribution >= 0.6 is 0 Å². The molecule has 1 fully saturated rings. The predicted molar refractivity (Wildman–Crippen MR) is 80.4 cm³/mol. The highest BCUT2D eigenvalue weighted by Crippen LogP contribution is 2.36. The van der Waals surface area contributed by atoms with E-state index in [1.807, 2.05) is 4.90 Å². The summed E-state index contributed by atoms with van der Waals surface area (Å²) in [6, 6.07) is 8.63. The molecule has 1 aromatic rings. The molecule has 0 bridgehead atoms. The Morgan fingerprint density at radius 2 is 2.05 bits per heavy atom. The van der Waals surface area contributed by atoms with E-state index >= 15 is 0 Å². The van der Waals surface area contributed by atoms with Crippen LogP contribution in [0.3, 0.4) is 0 Å². The maximum atomic E-state index is 12.0. The van der Waals surface area contributed by atoms with E-state index in [0.29, 0.717) is 0 Å². The minimum atomic E-state index is 0.160. The summed E-state index contributed by atoms with van der Waals surface area (Å²) in [5.74, 6) is 0.198. The molecule has 0 aliphatic carbocycles. The van der Waals surface area contributed by atoms with Crippen LogP contribution in [0.25, 0.3) is 0 Å². The number of hydrogen-bond donors (Lipinski definition) is 0. The molecule has 1 unspecified atom stereocenters. The second-order valence-electron chi connectivity index (χ2n) is 6.23. The lowest BCUT2D eigenvalue weighted by Gasteiger charge is -2.40. The van der Waals surface area contributed by atoms with Gasteiger partial charge in [0.05, 0.1) is 0 Å². The van der Waals surface area contributed by atoms with Gasteiger partial charge in [-0.25, -0.2) is 0 Å². The standard InChI is InChI=1S/C17H24N2O/c1-3-19-10-6-9-17(19)11-15-7-4-5-8-16(15)12-18(13-17)14(2)20/h4-5,7-8H,3,6,9-13H2,1-2H3. The lowest BCUT2D eigenvalue weighted by Crippen LogP contribution is -2.53. The summed E-state index contributed by atoms with van der Waals surface area (Å²) in [6.45, 7) is 7.84. The van der Waals surface area contributed by atoms with Crippen LogP contribution in [0.2, 0.25) is 0 Å². The van der Waals surface area contributed by atoms with Crippen molar-refractivity contribution in [1.29, 1.82) is 0 Å². The van der Waals surface area contributed by atoms with Gasteiger partial charge in [0.1, 0.15) is 0 Å². The average Bonchev–Trinajstić information content (AvgIpc) is 2.73. The Hall–Kier alpha value is -1.35. The van der Waals surface area contributed by atoms with Crippen LogP contribution in [0, 0.1) is 0 Å². The maximum Gasteiger partial charge on any atom is 0.219 e. The van der Waals surface area contributed by atoms with Crippen LogP contribution < -0.4 is 0 Å². The molecule has 3 rings (SSSR count). The third-order valence-electron chi connectivity index (χ3n) is 5.05. The zero-order valence-corrected chi connectivity index (χ0v) is 12.6. The third-order valence-corrected chi connectivity index (χ3v) is 5.05. The molecule has 2 heterocycles. The van der Waals surface area contributed by atoms with Crippen molar-refractivity contribution in [2.24, 2.45) is 0 Å². The molecular formula is C17H24N2O. The molecular weight excluding hydrogens is 248 g/mol. The summed E-state index contributed by atoms with van der Waals surface area (Å²) in [6.07, 6.45) is 3.54. The van der Waals surface area contributed by atoms with Crippen LogP contribution in [-0.4, -0.2) is 40.9 Å². The summed E-state index contributed by atoms with van der Waals surface area (Å²) in [7, 11) is 0. The fraction of sp³-hybridized carbons (Fsp3) is 0.588. The van der Waals surface area contributed by atoms with E-state index < -0.39 is 0 Å². The van der Waals surface area contributed by atoms with Gasteiger partial charge in [-0.15, -0.1) is 0 Å². The van der Waals surface area contributed by atoms with E-state index in [1.54, 1.807) is 6.92 Å². The van der Waals surface area contributed by atoms with E-state index in [0.717, 1.165) is 26.1 Å². The number of carbonyl (C=O) groups excluding carboxylic acids is 1. The van der Waals surface area contributed by atoms with Gasteiger partial charge in [-0.1, -0.05) is 31.2 Å². The maximum absolute atomic E-state index is 12.0. The van der Waals surface area contributed by atoms with Crippen molar-refractivity contribution in [2.75, 3.05) is 19.6 Å². The van der Waals surface area contributed by atoms with E-state index in [-0.39, 0.29) is 11.4 Å². The summed E-state index contributed by atoms with van der Waals surface area (Å²) in [4.78, 5) is 16.6. The van der Waals surface area contributed by atoms with Crippen molar-refractivity contribution in [1.82, 2.24) is 9.80 Å². The number of carbonyl (C=O) groups is 1. The molecule has 0 saturated carbocycles. The van der Waals surface area contributed by atoms with E-state index in [1.165, 1.54) is 30.5 Å². The number of hydrogen-bond acceptors (Lipinski definition) is 2. The first kappa shape index (κ1) is 13.6. The average molecular weight is 272 g/mol. The van der Waals surface area contributed by atoms with Gasteiger partial charge in [-0.05, 0) is 43.5 Å². The second-order valence-corrected chi connectivity index (χ2v) is 6.23. The number of rotatable bonds is 1. The van der Waals surface area contributed by atoms with Crippen molar-refractivity contribution in [3.63, 3.8) is 0 Å². The highest BCUT2D eigenvalue weighted by Gasteiger charge is 2.43. The van der Waals surface area contributed by atoms with Gasteiger partial charge in [0.15, 0.2) is 0 Å². The monoisotopic (exact) mass is 272 g/mol. The molecule has 0 aromatic heterocycles. The zero-order chi connectivity index (χ0) is 14.2. The van der Waals surface area contributed by atoms with Crippen LogP contribution in [0.4, 0.5) is 0 Å². The summed E-state index contributed by atoms with van der Waals surface area (Å²) in [5.41, 5.74) is 2.91. The Bertz CT molecular complexity index is 513. The number of fused-ring (bicyclic) bond motifs is 1. The predicted octanol–water partition coefficient (Wildman–Crippen LogP) is 2.45. The van der Waals surface area contributed by atoms with Gasteiger partial charge in [0.25, 0.3) is 0 Å². The Labute approximate surface area is 121 Å². The lowest BCUT2D eigenvalue weighted by molar-refractivity contribution is -0.131. The van der Waals surface area contributed by atoms with E-state index in [2.05, 4.69) is 36.1 Å². The van der Waals surface area contributed by atoms with Crippen molar-refractivity contribution in [2.45, 2.75) is 45.2 Å². The van der Waals surface area contributed by atoms with Crippen molar-refractivity contribution in [3.8, 4) is 0 Å². The summed E-state index contributed by atoms with van der Waals surface area (Å²) >= 11 is 0. The normalized spacial score (nSPS) is 26.6. The Kier molecular flexibility index (Phi) is 3.55. The molecule has 3 nitrogen and oxygen atoms in total. The molecule has 1 saturated heterocycles. The highest BCUT2D eigenvalue weighted by atomic mass is 16.2. The largest absolute Gasteiger partial charge is 0.337 e. The summed E-state index contributed by atoms with van der Waals surface area (Å²) < 4.78 is 0. The van der Waals surface area contributed by atoms with E-state index in [9.17, 15) is 4.79 Å². The minimum absolute atomic E-state index is 0.160. The van der Waals surface area contributed by atoms with Gasteiger partial charge in [0.2, 0.25) is 5.91 Å². The van der Waals surface area contributed by atoms with Crippen LogP contribution in [0.5, 0.6) is 0 Å². The minimum Gasteiger partial charge on any atom is -0.337 e. The SMILES string of the molecule is CCN1CCCC12Cc1ccccc1CN(C(C)=O)C2. The Morgan fingerprint density at radius 1 is 1.30 bits per heavy atom. The zero-order valence-electron chi connectivity index (χ0n) is 12.6. The topological polar surface area (TPSA) is 23.6 Å². The molecule has 108 valence electrons. The molecule has 1 amide bonds. The molecule has 1 spiro atoms. The number of benzene rings is 1. The highest BCUT2D eigenvalue weighted by molar-refractivity contribution is 5.73. The van der Waals surface area contributed by atoms with Gasteiger partial charge >= 0.3 is 0 Å². The van der Waals surface area contributed by atoms with Crippen LogP contribution in [-0.2, 0) is 17.8 Å². The van der Waals surface area contributed by atoms with Gasteiger partial charge in [0, 0.05) is 25.6 Å². The van der Waals surface area contributed by atoms with Crippen molar-refractivity contribution >= 4 is 5.91 Å². The van der Waals surface area contributed by atoms with Crippen LogP contribution in [0.15, 0.2) is 24.3 Å². The van der Waals surface area contributed by atoms with Crippen molar-refractivity contribution in [3.05, 3.63) is 35.4 Å². The molecule has 0 radical (unpaired) electrons. The number of amides is 1. The molecule has 2 aliphatic heterocycles. The fourth-order valence-electron chi connectivity index (χ4n) is 4.00. The van der Waals surface area contributed by atoms with Gasteiger partial charge in [-0.2, -0.15) is 0 Å². The van der Waals surface area contributed by atoms with Crippen molar-refractivity contribution < 1.29 is 4.79 Å². The quantitative estimate of drug-likeness (QED) is 0.784. The Balaban J connectivity index is 2.02. The van der Waals surface area contributed by atoms with Gasteiger partial charge in [-0.3, -0.25) is 9.69 Å². The molecule has 1 atom stereocenters. The number of likely N-dealkylation sites (tertiary alicyclic amines) is 1. The van der Waals surface area contributed by atoms with E-state index in [4.69, 9.17) is 0 Å². The first-order valence-corrected chi connectivity index (χ1v) is 7.72. The molecule has 0 N–H and O–H groups in total. The first-order valence-electron chi connectivity index (χ1n) is 7.72. The molecule has 3 heteroatoms. The molecule has 20 heavy (non-hydrogen) atoms. The van der Waals surface area contributed by atoms with Gasteiger partial charge < -0.3 is 4.90 Å². The fourth-order valence-corrected chi connectivity index (χ4v) is 4.00. The lowest BCUT2D eigenvalue weighted by atomic mass is 9.87.